The Morgan fingerprint density at radius 2 is 1.75 bits per heavy atom. The van der Waals surface area contributed by atoms with Gasteiger partial charge in [0.2, 0.25) is 0 Å². The molecule has 0 aliphatic heterocycles. The molecule has 2 rings (SSSR count). The molecule has 3 nitrogen and oxygen atoms in total. The van der Waals surface area contributed by atoms with E-state index in [0.717, 1.165) is 23.5 Å². The summed E-state index contributed by atoms with van der Waals surface area (Å²) in [7, 11) is 0. The molecule has 0 saturated heterocycles. The molecule has 0 N–H and O–H groups in total. The molecule has 1 aromatic heterocycles. The van der Waals surface area contributed by atoms with Gasteiger partial charge in [-0.05, 0) is 17.8 Å². The molecule has 90 valence electrons. The normalized spacial score (nSPS) is 22.4. The predicted octanol–water partition coefficient (Wildman–Crippen LogP) is 3.34. The van der Waals surface area contributed by atoms with Gasteiger partial charge in [-0.15, -0.1) is 10.2 Å². The zero-order valence-electron chi connectivity index (χ0n) is 10.7. The highest BCUT2D eigenvalue weighted by Crippen LogP contribution is 2.73. The molecular formula is C12H20BrN3. The van der Waals surface area contributed by atoms with Crippen molar-refractivity contribution in [2.75, 3.05) is 0 Å². The molecule has 1 heterocycles. The van der Waals surface area contributed by atoms with Gasteiger partial charge in [0.25, 0.3) is 0 Å². The average Bonchev–Trinajstić information content (AvgIpc) is 2.54. The molecule has 0 amide bonds. The molecule has 16 heavy (non-hydrogen) atoms. The zero-order valence-corrected chi connectivity index (χ0v) is 12.3. The molecule has 0 radical (unpaired) electrons. The van der Waals surface area contributed by atoms with Crippen molar-refractivity contribution < 1.29 is 0 Å². The van der Waals surface area contributed by atoms with Crippen LogP contribution in [0.15, 0.2) is 0 Å². The lowest BCUT2D eigenvalue weighted by molar-refractivity contribution is 0.457. The Bertz CT molecular complexity index is 392. The van der Waals surface area contributed by atoms with Gasteiger partial charge in [-0.25, -0.2) is 0 Å². The third-order valence-corrected chi connectivity index (χ3v) is 5.07. The fourth-order valence-corrected chi connectivity index (χ4v) is 3.26. The van der Waals surface area contributed by atoms with Crippen LogP contribution in [0.3, 0.4) is 0 Å². The summed E-state index contributed by atoms with van der Waals surface area (Å²) >= 11 is 3.47. The van der Waals surface area contributed by atoms with Crippen molar-refractivity contribution >= 4 is 15.9 Å². The van der Waals surface area contributed by atoms with Gasteiger partial charge in [0.05, 0.1) is 5.33 Å². The van der Waals surface area contributed by atoms with Crippen molar-refractivity contribution in [1.29, 1.82) is 0 Å². The van der Waals surface area contributed by atoms with Gasteiger partial charge in [0.1, 0.15) is 11.6 Å². The summed E-state index contributed by atoms with van der Waals surface area (Å²) < 4.78 is 2.25. The van der Waals surface area contributed by atoms with Crippen LogP contribution in [0.25, 0.3) is 0 Å². The highest BCUT2D eigenvalue weighted by Gasteiger charge is 2.67. The van der Waals surface area contributed by atoms with Crippen LogP contribution in [-0.2, 0) is 11.9 Å². The number of aromatic nitrogens is 3. The summed E-state index contributed by atoms with van der Waals surface area (Å²) in [6.07, 6.45) is 0. The summed E-state index contributed by atoms with van der Waals surface area (Å²) in [4.78, 5) is 0. The van der Waals surface area contributed by atoms with Gasteiger partial charge in [-0.1, -0.05) is 43.6 Å². The van der Waals surface area contributed by atoms with E-state index in [4.69, 9.17) is 0 Å². The van der Waals surface area contributed by atoms with E-state index in [1.54, 1.807) is 0 Å². The molecule has 0 aromatic carbocycles. The molecule has 0 bridgehead atoms. The Kier molecular flexibility index (Phi) is 2.69. The quantitative estimate of drug-likeness (QED) is 0.798. The topological polar surface area (TPSA) is 30.7 Å². The molecular weight excluding hydrogens is 266 g/mol. The molecule has 0 spiro atoms. The fraction of sp³-hybridized carbons (Fsp3) is 0.833. The van der Waals surface area contributed by atoms with Crippen molar-refractivity contribution in [2.24, 2.45) is 10.8 Å². The Labute approximate surface area is 106 Å². The molecule has 1 aliphatic carbocycles. The second-order valence-electron chi connectivity index (χ2n) is 5.73. The summed E-state index contributed by atoms with van der Waals surface area (Å²) in [6.45, 7) is 12.4. The lowest BCUT2D eigenvalue weighted by atomic mass is 10.0. The van der Waals surface area contributed by atoms with E-state index in [1.165, 1.54) is 0 Å². The first-order chi connectivity index (χ1) is 7.37. The van der Waals surface area contributed by atoms with Crippen LogP contribution >= 0.6 is 15.9 Å². The maximum atomic E-state index is 4.39. The van der Waals surface area contributed by atoms with Gasteiger partial charge in [0, 0.05) is 12.5 Å². The van der Waals surface area contributed by atoms with E-state index in [1.807, 2.05) is 0 Å². The standard InChI is InChI=1S/C12H20BrN3/c1-6-16-8(7-13)14-15-10(16)9-11(2,3)12(9,4)5/h9H,6-7H2,1-5H3. The van der Waals surface area contributed by atoms with E-state index in [0.29, 0.717) is 16.7 Å². The van der Waals surface area contributed by atoms with Crippen molar-refractivity contribution in [2.45, 2.75) is 52.4 Å². The molecule has 1 saturated carbocycles. The fourth-order valence-electron chi connectivity index (χ4n) is 2.85. The minimum absolute atomic E-state index is 0.330. The first-order valence-corrected chi connectivity index (χ1v) is 6.98. The lowest BCUT2D eigenvalue weighted by Gasteiger charge is -2.06. The van der Waals surface area contributed by atoms with Crippen molar-refractivity contribution in [3.8, 4) is 0 Å². The molecule has 1 aliphatic rings. The minimum Gasteiger partial charge on any atom is -0.314 e. The Morgan fingerprint density at radius 1 is 1.19 bits per heavy atom. The van der Waals surface area contributed by atoms with Crippen molar-refractivity contribution in [3.05, 3.63) is 11.6 Å². The third-order valence-electron chi connectivity index (χ3n) is 4.57. The largest absolute Gasteiger partial charge is 0.314 e. The third kappa shape index (κ3) is 1.38. The van der Waals surface area contributed by atoms with Gasteiger partial charge in [-0.3, -0.25) is 0 Å². The van der Waals surface area contributed by atoms with Crippen LogP contribution in [0.2, 0.25) is 0 Å². The van der Waals surface area contributed by atoms with E-state index in [-0.39, 0.29) is 0 Å². The molecule has 1 fully saturated rings. The Morgan fingerprint density at radius 3 is 2.12 bits per heavy atom. The monoisotopic (exact) mass is 285 g/mol. The van der Waals surface area contributed by atoms with Crippen LogP contribution in [0, 0.1) is 10.8 Å². The van der Waals surface area contributed by atoms with Gasteiger partial charge in [-0.2, -0.15) is 0 Å². The number of nitrogens with zero attached hydrogens (tertiary/aromatic N) is 3. The summed E-state index contributed by atoms with van der Waals surface area (Å²) in [6, 6.07) is 0. The van der Waals surface area contributed by atoms with E-state index in [9.17, 15) is 0 Å². The van der Waals surface area contributed by atoms with Crippen molar-refractivity contribution in [1.82, 2.24) is 14.8 Å². The maximum absolute atomic E-state index is 4.39. The Balaban J connectivity index is 2.40. The highest BCUT2D eigenvalue weighted by atomic mass is 79.9. The minimum atomic E-state index is 0.330. The number of rotatable bonds is 3. The molecule has 0 unspecified atom stereocenters. The second-order valence-corrected chi connectivity index (χ2v) is 6.29. The summed E-state index contributed by atoms with van der Waals surface area (Å²) in [5, 5.41) is 9.44. The predicted molar refractivity (Wildman–Crippen MR) is 68.6 cm³/mol. The van der Waals surface area contributed by atoms with Crippen LogP contribution in [0.1, 0.15) is 52.2 Å². The van der Waals surface area contributed by atoms with Crippen LogP contribution < -0.4 is 0 Å². The van der Waals surface area contributed by atoms with Crippen molar-refractivity contribution in [3.63, 3.8) is 0 Å². The highest BCUT2D eigenvalue weighted by molar-refractivity contribution is 9.08. The summed E-state index contributed by atoms with van der Waals surface area (Å²) in [5.74, 6) is 2.73. The molecule has 0 atom stereocenters. The van der Waals surface area contributed by atoms with E-state index < -0.39 is 0 Å². The number of hydrogen-bond acceptors (Lipinski definition) is 2. The number of hydrogen-bond donors (Lipinski definition) is 0. The smallest absolute Gasteiger partial charge is 0.143 e. The zero-order chi connectivity index (χ0) is 12.1. The first-order valence-electron chi connectivity index (χ1n) is 5.85. The average molecular weight is 286 g/mol. The van der Waals surface area contributed by atoms with Gasteiger partial charge in [0.15, 0.2) is 0 Å². The van der Waals surface area contributed by atoms with Gasteiger partial charge >= 0.3 is 0 Å². The van der Waals surface area contributed by atoms with Crippen LogP contribution in [0.5, 0.6) is 0 Å². The first kappa shape index (κ1) is 12.1. The molecule has 4 heteroatoms. The molecule has 1 aromatic rings. The van der Waals surface area contributed by atoms with E-state index >= 15 is 0 Å². The summed E-state index contributed by atoms with van der Waals surface area (Å²) in [5.41, 5.74) is 0.660. The maximum Gasteiger partial charge on any atom is 0.143 e. The lowest BCUT2D eigenvalue weighted by Crippen LogP contribution is -2.06. The van der Waals surface area contributed by atoms with Gasteiger partial charge < -0.3 is 4.57 Å². The SMILES string of the molecule is CCn1c(CBr)nnc1C1C(C)(C)C1(C)C. The van der Waals surface area contributed by atoms with Crippen LogP contribution in [-0.4, -0.2) is 14.8 Å². The number of alkyl halides is 1. The second kappa shape index (κ2) is 3.56. The number of halogens is 1. The van der Waals surface area contributed by atoms with E-state index in [2.05, 4.69) is 65.3 Å². The van der Waals surface area contributed by atoms with Crippen LogP contribution in [0.4, 0.5) is 0 Å². The Hall–Kier alpha value is -0.380.